The van der Waals surface area contributed by atoms with Crippen LogP contribution in [0.4, 0.5) is 0 Å². The highest BCUT2D eigenvalue weighted by Crippen LogP contribution is 2.23. The number of rotatable bonds is 3. The Balaban J connectivity index is 2.30. The second kappa shape index (κ2) is 6.07. The highest BCUT2D eigenvalue weighted by Gasteiger charge is 2.01. The van der Waals surface area contributed by atoms with Gasteiger partial charge in [0.2, 0.25) is 0 Å². The van der Waals surface area contributed by atoms with E-state index >= 15 is 0 Å². The topological polar surface area (TPSA) is 0 Å². The van der Waals surface area contributed by atoms with Crippen LogP contribution in [-0.2, 0) is 0 Å². The van der Waals surface area contributed by atoms with E-state index in [1.165, 1.54) is 17.2 Å². The van der Waals surface area contributed by atoms with Crippen molar-refractivity contribution >= 4 is 16.3 Å². The van der Waals surface area contributed by atoms with Gasteiger partial charge in [-0.1, -0.05) is 74.2 Å². The van der Waals surface area contributed by atoms with E-state index in [0.717, 1.165) is 24.0 Å². The Kier molecular flexibility index (Phi) is 4.20. The molecule has 0 aliphatic rings. The van der Waals surface area contributed by atoms with Crippen molar-refractivity contribution in [2.45, 2.75) is 26.2 Å². The SMILES string of the molecule is C=C(C#CCCCC)c1cccc2ccccc12. The minimum absolute atomic E-state index is 0.919. The third kappa shape index (κ3) is 2.81. The molecule has 90 valence electrons. The number of hydrogen-bond donors (Lipinski definition) is 0. The molecule has 0 fully saturated rings. The molecule has 0 N–H and O–H groups in total. The molecule has 0 amide bonds. The number of unbranched alkanes of at least 4 members (excludes halogenated alkanes) is 2. The van der Waals surface area contributed by atoms with Gasteiger partial charge in [-0.3, -0.25) is 0 Å². The predicted octanol–water partition coefficient (Wildman–Crippen LogP) is 5.05. The molecule has 0 unspecified atom stereocenters. The molecule has 0 saturated carbocycles. The van der Waals surface area contributed by atoms with Crippen LogP contribution in [0.3, 0.4) is 0 Å². The van der Waals surface area contributed by atoms with Gasteiger partial charge < -0.3 is 0 Å². The van der Waals surface area contributed by atoms with Gasteiger partial charge in [0, 0.05) is 12.0 Å². The maximum atomic E-state index is 4.10. The Morgan fingerprint density at radius 3 is 2.72 bits per heavy atom. The molecule has 0 saturated heterocycles. The van der Waals surface area contributed by atoms with Crippen LogP contribution in [0.15, 0.2) is 49.0 Å². The summed E-state index contributed by atoms with van der Waals surface area (Å²) in [5, 5.41) is 2.47. The van der Waals surface area contributed by atoms with Crippen LogP contribution >= 0.6 is 0 Å². The van der Waals surface area contributed by atoms with Crippen LogP contribution in [-0.4, -0.2) is 0 Å². The molecule has 2 aromatic rings. The lowest BCUT2D eigenvalue weighted by Crippen LogP contribution is -1.83. The zero-order valence-corrected chi connectivity index (χ0v) is 10.9. The molecule has 0 heteroatoms. The molecule has 0 aromatic heterocycles. The van der Waals surface area contributed by atoms with E-state index in [0.29, 0.717) is 0 Å². The van der Waals surface area contributed by atoms with Crippen molar-refractivity contribution < 1.29 is 0 Å². The Hall–Kier alpha value is -2.00. The van der Waals surface area contributed by atoms with Gasteiger partial charge in [-0.2, -0.15) is 0 Å². The molecule has 2 aromatic carbocycles. The van der Waals surface area contributed by atoms with Crippen LogP contribution in [0, 0.1) is 11.8 Å². The Labute approximate surface area is 109 Å². The molecule has 0 aliphatic heterocycles. The van der Waals surface area contributed by atoms with E-state index < -0.39 is 0 Å². The van der Waals surface area contributed by atoms with Gasteiger partial charge in [-0.05, 0) is 22.8 Å². The molecule has 0 heterocycles. The Morgan fingerprint density at radius 1 is 1.11 bits per heavy atom. The van der Waals surface area contributed by atoms with Gasteiger partial charge in [0.05, 0.1) is 0 Å². The zero-order valence-electron chi connectivity index (χ0n) is 10.9. The first-order valence-corrected chi connectivity index (χ1v) is 6.49. The molecule has 0 spiro atoms. The average Bonchev–Trinajstić information content (AvgIpc) is 2.43. The van der Waals surface area contributed by atoms with Crippen molar-refractivity contribution in [3.05, 3.63) is 54.6 Å². The number of benzene rings is 2. The largest absolute Gasteiger partial charge is 0.0979 e. The minimum atomic E-state index is 0.919. The average molecular weight is 234 g/mol. The minimum Gasteiger partial charge on any atom is -0.0979 e. The molecule has 0 aliphatic carbocycles. The van der Waals surface area contributed by atoms with E-state index in [-0.39, 0.29) is 0 Å². The normalized spacial score (nSPS) is 9.83. The van der Waals surface area contributed by atoms with Crippen LogP contribution in [0.2, 0.25) is 0 Å². The van der Waals surface area contributed by atoms with Gasteiger partial charge >= 0.3 is 0 Å². The fourth-order valence-electron chi connectivity index (χ4n) is 1.99. The maximum absolute atomic E-state index is 4.10. The summed E-state index contributed by atoms with van der Waals surface area (Å²) in [5.41, 5.74) is 2.07. The molecular formula is C18H18. The van der Waals surface area contributed by atoms with Crippen LogP contribution in [0.1, 0.15) is 31.7 Å². The summed E-state index contributed by atoms with van der Waals surface area (Å²) in [7, 11) is 0. The first kappa shape index (κ1) is 12.5. The Morgan fingerprint density at radius 2 is 1.89 bits per heavy atom. The second-order valence-electron chi connectivity index (χ2n) is 4.41. The molecule has 0 bridgehead atoms. The summed E-state index contributed by atoms with van der Waals surface area (Å²) < 4.78 is 0. The molecule has 0 nitrogen and oxygen atoms in total. The lowest BCUT2D eigenvalue weighted by Gasteiger charge is -2.04. The van der Waals surface area contributed by atoms with E-state index in [1.807, 2.05) is 0 Å². The van der Waals surface area contributed by atoms with Crippen molar-refractivity contribution in [3.63, 3.8) is 0 Å². The van der Waals surface area contributed by atoms with Crippen LogP contribution in [0.5, 0.6) is 0 Å². The highest BCUT2D eigenvalue weighted by atomic mass is 14.0. The van der Waals surface area contributed by atoms with Gasteiger partial charge in [0.25, 0.3) is 0 Å². The summed E-state index contributed by atoms with van der Waals surface area (Å²) in [4.78, 5) is 0. The van der Waals surface area contributed by atoms with Gasteiger partial charge in [-0.15, -0.1) is 0 Å². The van der Waals surface area contributed by atoms with Crippen molar-refractivity contribution in [3.8, 4) is 11.8 Å². The van der Waals surface area contributed by atoms with Crippen LogP contribution in [0.25, 0.3) is 16.3 Å². The van der Waals surface area contributed by atoms with Crippen molar-refractivity contribution in [1.29, 1.82) is 0 Å². The first-order chi connectivity index (χ1) is 8.83. The van der Waals surface area contributed by atoms with Gasteiger partial charge in [0.15, 0.2) is 0 Å². The Bertz CT molecular complexity index is 603. The molecule has 0 radical (unpaired) electrons. The smallest absolute Gasteiger partial charge is 0.0252 e. The first-order valence-electron chi connectivity index (χ1n) is 6.49. The number of allylic oxidation sites excluding steroid dienone is 1. The maximum Gasteiger partial charge on any atom is 0.0252 e. The summed E-state index contributed by atoms with van der Waals surface area (Å²) >= 11 is 0. The van der Waals surface area contributed by atoms with Crippen molar-refractivity contribution in [2.75, 3.05) is 0 Å². The fraction of sp³-hybridized carbons (Fsp3) is 0.222. The van der Waals surface area contributed by atoms with Gasteiger partial charge in [0.1, 0.15) is 0 Å². The van der Waals surface area contributed by atoms with Crippen LogP contribution < -0.4 is 0 Å². The van der Waals surface area contributed by atoms with E-state index in [4.69, 9.17) is 0 Å². The van der Waals surface area contributed by atoms with E-state index in [9.17, 15) is 0 Å². The standard InChI is InChI=1S/C18H18/c1-3-4-5-6-10-15(2)17-14-9-12-16-11-7-8-13-18(16)17/h7-9,11-14H,2-5H2,1H3. The van der Waals surface area contributed by atoms with E-state index in [1.54, 1.807) is 0 Å². The summed E-state index contributed by atoms with van der Waals surface area (Å²) in [6.45, 7) is 6.28. The zero-order chi connectivity index (χ0) is 12.8. The molecule has 18 heavy (non-hydrogen) atoms. The number of fused-ring (bicyclic) bond motifs is 1. The van der Waals surface area contributed by atoms with E-state index in [2.05, 4.69) is 67.8 Å². The quantitative estimate of drug-likeness (QED) is 0.515. The molecule has 2 rings (SSSR count). The monoisotopic (exact) mass is 234 g/mol. The van der Waals surface area contributed by atoms with Crippen molar-refractivity contribution in [1.82, 2.24) is 0 Å². The third-order valence-corrected chi connectivity index (χ3v) is 3.01. The van der Waals surface area contributed by atoms with Crippen molar-refractivity contribution in [2.24, 2.45) is 0 Å². The fourth-order valence-corrected chi connectivity index (χ4v) is 1.99. The lowest BCUT2D eigenvalue weighted by molar-refractivity contribution is 0.828. The molecule has 0 atom stereocenters. The summed E-state index contributed by atoms with van der Waals surface area (Å²) in [6, 6.07) is 14.7. The molecular weight excluding hydrogens is 216 g/mol. The summed E-state index contributed by atoms with van der Waals surface area (Å²) in [5.74, 6) is 6.38. The summed E-state index contributed by atoms with van der Waals surface area (Å²) in [6.07, 6.45) is 3.31. The third-order valence-electron chi connectivity index (χ3n) is 3.01. The predicted molar refractivity (Wildman–Crippen MR) is 80.3 cm³/mol. The lowest BCUT2D eigenvalue weighted by atomic mass is 9.99. The highest BCUT2D eigenvalue weighted by molar-refractivity contribution is 5.96. The second-order valence-corrected chi connectivity index (χ2v) is 4.41. The van der Waals surface area contributed by atoms with Gasteiger partial charge in [-0.25, -0.2) is 0 Å². The number of hydrogen-bond acceptors (Lipinski definition) is 0.